The van der Waals surface area contributed by atoms with Crippen LogP contribution in [0.4, 0.5) is 0 Å². The zero-order chi connectivity index (χ0) is 15.3. The molecule has 2 rings (SSSR count). The van der Waals surface area contributed by atoms with Crippen molar-refractivity contribution in [1.29, 1.82) is 5.26 Å². The van der Waals surface area contributed by atoms with Gasteiger partial charge in [-0.05, 0) is 46.0 Å². The monoisotopic (exact) mass is 320 g/mol. The van der Waals surface area contributed by atoms with E-state index in [1.54, 1.807) is 35.6 Å². The minimum Gasteiger partial charge on any atom is -0.214 e. The second kappa shape index (κ2) is 6.85. The highest BCUT2D eigenvalue weighted by molar-refractivity contribution is 7.88. The molecule has 1 atom stereocenters. The van der Waals surface area contributed by atoms with E-state index in [2.05, 4.69) is 4.72 Å². The standard InChI is InChI=1S/C15H16N2O2S2/c1-12(15-5-6-20-10-15)9-17-21(18,19)11-14-4-2-3-13(7-14)8-16/h2-7,10,12,17H,9,11H2,1H3. The van der Waals surface area contributed by atoms with Gasteiger partial charge in [-0.2, -0.15) is 16.6 Å². The quantitative estimate of drug-likeness (QED) is 0.889. The van der Waals surface area contributed by atoms with Gasteiger partial charge >= 0.3 is 0 Å². The van der Waals surface area contributed by atoms with E-state index in [1.165, 1.54) is 0 Å². The SMILES string of the molecule is CC(CNS(=O)(=O)Cc1cccc(C#N)c1)c1ccsc1. The van der Waals surface area contributed by atoms with Crippen LogP contribution >= 0.6 is 11.3 Å². The summed E-state index contributed by atoms with van der Waals surface area (Å²) in [4.78, 5) is 0. The number of rotatable bonds is 6. The van der Waals surface area contributed by atoms with Crippen molar-refractivity contribution < 1.29 is 8.42 Å². The van der Waals surface area contributed by atoms with Crippen LogP contribution < -0.4 is 4.72 Å². The Balaban J connectivity index is 1.97. The van der Waals surface area contributed by atoms with Crippen molar-refractivity contribution in [2.75, 3.05) is 6.54 Å². The van der Waals surface area contributed by atoms with Gasteiger partial charge < -0.3 is 0 Å². The van der Waals surface area contributed by atoms with Crippen LogP contribution in [0, 0.1) is 11.3 Å². The Kier molecular flexibility index (Phi) is 5.12. The minimum atomic E-state index is -3.40. The predicted molar refractivity (Wildman–Crippen MR) is 84.5 cm³/mol. The lowest BCUT2D eigenvalue weighted by Gasteiger charge is -2.12. The molecule has 2 aromatic rings. The van der Waals surface area contributed by atoms with Crippen LogP contribution in [0.15, 0.2) is 41.1 Å². The Labute approximate surface area is 129 Å². The summed E-state index contributed by atoms with van der Waals surface area (Å²) in [5, 5.41) is 12.8. The topological polar surface area (TPSA) is 70.0 Å². The first kappa shape index (κ1) is 15.7. The molecule has 0 aliphatic carbocycles. The van der Waals surface area contributed by atoms with Crippen LogP contribution in [-0.4, -0.2) is 15.0 Å². The summed E-state index contributed by atoms with van der Waals surface area (Å²) in [5.74, 6) is 0.0234. The van der Waals surface area contributed by atoms with E-state index in [-0.39, 0.29) is 11.7 Å². The van der Waals surface area contributed by atoms with Gasteiger partial charge in [-0.25, -0.2) is 13.1 Å². The van der Waals surface area contributed by atoms with Crippen molar-refractivity contribution >= 4 is 21.4 Å². The van der Waals surface area contributed by atoms with Crippen molar-refractivity contribution in [1.82, 2.24) is 4.72 Å². The van der Waals surface area contributed by atoms with E-state index in [0.717, 1.165) is 5.56 Å². The van der Waals surface area contributed by atoms with E-state index in [1.807, 2.05) is 29.8 Å². The van der Waals surface area contributed by atoms with Gasteiger partial charge in [0.25, 0.3) is 0 Å². The van der Waals surface area contributed by atoms with Crippen molar-refractivity contribution in [2.45, 2.75) is 18.6 Å². The minimum absolute atomic E-state index is 0.112. The highest BCUT2D eigenvalue weighted by atomic mass is 32.2. The summed E-state index contributed by atoms with van der Waals surface area (Å²) in [6, 6.07) is 10.7. The fourth-order valence-corrected chi connectivity index (χ4v) is 3.93. The molecule has 110 valence electrons. The number of benzene rings is 1. The molecule has 0 spiro atoms. The lowest BCUT2D eigenvalue weighted by atomic mass is 10.1. The second-order valence-electron chi connectivity index (χ2n) is 4.88. The lowest BCUT2D eigenvalue weighted by Crippen LogP contribution is -2.28. The molecule has 0 bridgehead atoms. The van der Waals surface area contributed by atoms with Crippen LogP contribution in [0.1, 0.15) is 29.5 Å². The summed E-state index contributed by atoms with van der Waals surface area (Å²) in [6.45, 7) is 2.36. The molecule has 4 nitrogen and oxygen atoms in total. The zero-order valence-corrected chi connectivity index (χ0v) is 13.2. The molecule has 0 aliphatic rings. The average Bonchev–Trinajstić information content (AvgIpc) is 2.99. The molecule has 0 fully saturated rings. The predicted octanol–water partition coefficient (Wildman–Crippen LogP) is 2.84. The molecule has 0 saturated heterocycles. The Hall–Kier alpha value is -1.68. The molecule has 0 radical (unpaired) electrons. The summed E-state index contributed by atoms with van der Waals surface area (Å²) in [7, 11) is -3.40. The molecule has 1 N–H and O–H groups in total. The highest BCUT2D eigenvalue weighted by Crippen LogP contribution is 2.17. The van der Waals surface area contributed by atoms with Crippen LogP contribution in [0.25, 0.3) is 0 Å². The van der Waals surface area contributed by atoms with E-state index >= 15 is 0 Å². The average molecular weight is 320 g/mol. The van der Waals surface area contributed by atoms with Crippen molar-refractivity contribution in [3.63, 3.8) is 0 Å². The van der Waals surface area contributed by atoms with Gasteiger partial charge in [0.2, 0.25) is 10.0 Å². The fraction of sp³-hybridized carbons (Fsp3) is 0.267. The molecule has 1 heterocycles. The van der Waals surface area contributed by atoms with E-state index in [4.69, 9.17) is 5.26 Å². The van der Waals surface area contributed by atoms with Crippen LogP contribution in [0.3, 0.4) is 0 Å². The van der Waals surface area contributed by atoms with Gasteiger partial charge in [-0.3, -0.25) is 0 Å². The van der Waals surface area contributed by atoms with Crippen molar-refractivity contribution in [3.8, 4) is 6.07 Å². The number of nitrogens with zero attached hydrogens (tertiary/aromatic N) is 1. The van der Waals surface area contributed by atoms with Gasteiger partial charge in [-0.1, -0.05) is 19.1 Å². The number of nitrogens with one attached hydrogen (secondary N) is 1. The van der Waals surface area contributed by atoms with Crippen LogP contribution in [-0.2, 0) is 15.8 Å². The van der Waals surface area contributed by atoms with Gasteiger partial charge in [0, 0.05) is 6.54 Å². The summed E-state index contributed by atoms with van der Waals surface area (Å²) >= 11 is 1.60. The summed E-state index contributed by atoms with van der Waals surface area (Å²) < 4.78 is 26.8. The molecule has 1 unspecified atom stereocenters. The molecular formula is C15H16N2O2S2. The van der Waals surface area contributed by atoms with E-state index in [0.29, 0.717) is 17.7 Å². The lowest BCUT2D eigenvalue weighted by molar-refractivity contribution is 0.574. The number of hydrogen-bond acceptors (Lipinski definition) is 4. The van der Waals surface area contributed by atoms with Crippen LogP contribution in [0.2, 0.25) is 0 Å². The number of hydrogen-bond donors (Lipinski definition) is 1. The molecule has 1 aromatic carbocycles. The third-order valence-corrected chi connectivity index (χ3v) is 5.16. The smallest absolute Gasteiger partial charge is 0.214 e. The maximum Gasteiger partial charge on any atom is 0.215 e. The summed E-state index contributed by atoms with van der Waals surface area (Å²) in [6.07, 6.45) is 0. The maximum atomic E-state index is 12.1. The Bertz CT molecular complexity index is 731. The van der Waals surface area contributed by atoms with Crippen molar-refractivity contribution in [3.05, 3.63) is 57.8 Å². The zero-order valence-electron chi connectivity index (χ0n) is 11.6. The largest absolute Gasteiger partial charge is 0.215 e. The Morgan fingerprint density at radius 2 is 2.19 bits per heavy atom. The second-order valence-corrected chi connectivity index (χ2v) is 7.46. The van der Waals surface area contributed by atoms with Gasteiger partial charge in [0.05, 0.1) is 17.4 Å². The van der Waals surface area contributed by atoms with Gasteiger partial charge in [0.1, 0.15) is 0 Å². The molecule has 1 aromatic heterocycles. The molecule has 21 heavy (non-hydrogen) atoms. The first-order valence-electron chi connectivity index (χ1n) is 6.48. The Morgan fingerprint density at radius 3 is 2.86 bits per heavy atom. The van der Waals surface area contributed by atoms with E-state index < -0.39 is 10.0 Å². The summed E-state index contributed by atoms with van der Waals surface area (Å²) in [5.41, 5.74) is 2.22. The molecular weight excluding hydrogens is 304 g/mol. The van der Waals surface area contributed by atoms with Crippen LogP contribution in [0.5, 0.6) is 0 Å². The molecule has 6 heteroatoms. The first-order valence-corrected chi connectivity index (χ1v) is 9.08. The first-order chi connectivity index (χ1) is 10.00. The van der Waals surface area contributed by atoms with Gasteiger partial charge in [0.15, 0.2) is 0 Å². The molecule has 0 aliphatic heterocycles. The van der Waals surface area contributed by atoms with Gasteiger partial charge in [-0.15, -0.1) is 0 Å². The normalized spacial score (nSPS) is 12.8. The molecule has 0 amide bonds. The number of thiophene rings is 1. The third-order valence-electron chi connectivity index (χ3n) is 3.13. The Morgan fingerprint density at radius 1 is 1.38 bits per heavy atom. The highest BCUT2D eigenvalue weighted by Gasteiger charge is 2.14. The van der Waals surface area contributed by atoms with Crippen molar-refractivity contribution in [2.24, 2.45) is 0 Å². The maximum absolute atomic E-state index is 12.1. The third kappa shape index (κ3) is 4.67. The number of nitriles is 1. The molecule has 0 saturated carbocycles. The number of sulfonamides is 1. The van der Waals surface area contributed by atoms with E-state index in [9.17, 15) is 8.42 Å². The fourth-order valence-electron chi connectivity index (χ4n) is 1.93.